The largest absolute Gasteiger partial charge is 0.299 e. The van der Waals surface area contributed by atoms with Gasteiger partial charge >= 0.3 is 0 Å². The van der Waals surface area contributed by atoms with Gasteiger partial charge in [-0.15, -0.1) is 0 Å². The van der Waals surface area contributed by atoms with Gasteiger partial charge in [-0.3, -0.25) is 4.40 Å². The molecule has 0 amide bonds. The van der Waals surface area contributed by atoms with E-state index in [0.717, 1.165) is 18.5 Å². The SMILES string of the molecule is c1ccc2c(c1)Cc1cc3c(cc1-2)Cc1cc2c4ccccc4n4ccnc4c2cc1-3. The summed E-state index contributed by atoms with van der Waals surface area (Å²) in [7, 11) is 0. The van der Waals surface area contributed by atoms with Crippen molar-refractivity contribution in [3.05, 3.63) is 107 Å². The Morgan fingerprint density at radius 2 is 1.29 bits per heavy atom. The van der Waals surface area contributed by atoms with Crippen LogP contribution in [0.25, 0.3) is 49.6 Å². The Labute approximate surface area is 179 Å². The number of benzene rings is 4. The van der Waals surface area contributed by atoms with E-state index in [9.17, 15) is 0 Å². The predicted octanol–water partition coefficient (Wildman–Crippen LogP) is 6.78. The number of nitrogens with zero attached hydrogens (tertiary/aromatic N) is 2. The molecule has 0 aliphatic heterocycles. The first-order chi connectivity index (χ1) is 15.3. The van der Waals surface area contributed by atoms with Gasteiger partial charge in [0.25, 0.3) is 0 Å². The highest BCUT2D eigenvalue weighted by molar-refractivity contribution is 6.13. The third-order valence-corrected chi connectivity index (χ3v) is 7.27. The van der Waals surface area contributed by atoms with Crippen LogP contribution in [0.15, 0.2) is 85.2 Å². The summed E-state index contributed by atoms with van der Waals surface area (Å²) in [5.41, 5.74) is 13.7. The number of imidazole rings is 1. The summed E-state index contributed by atoms with van der Waals surface area (Å²) < 4.78 is 2.22. The minimum Gasteiger partial charge on any atom is -0.299 e. The molecule has 2 heteroatoms. The summed E-state index contributed by atoms with van der Waals surface area (Å²) in [5.74, 6) is 0. The zero-order valence-corrected chi connectivity index (χ0v) is 16.9. The zero-order chi connectivity index (χ0) is 20.1. The van der Waals surface area contributed by atoms with Crippen LogP contribution in [0.3, 0.4) is 0 Å². The molecule has 6 aromatic rings. The van der Waals surface area contributed by atoms with E-state index >= 15 is 0 Å². The quantitative estimate of drug-likeness (QED) is 0.259. The highest BCUT2D eigenvalue weighted by Gasteiger charge is 2.26. The molecule has 0 unspecified atom stereocenters. The van der Waals surface area contributed by atoms with Crippen molar-refractivity contribution in [3.63, 3.8) is 0 Å². The summed E-state index contributed by atoms with van der Waals surface area (Å²) in [6, 6.07) is 27.2. The second-order valence-electron chi connectivity index (χ2n) is 8.87. The van der Waals surface area contributed by atoms with Crippen molar-refractivity contribution in [2.75, 3.05) is 0 Å². The van der Waals surface area contributed by atoms with Crippen LogP contribution >= 0.6 is 0 Å². The number of aromatic nitrogens is 2. The molecule has 0 saturated carbocycles. The number of fused-ring (bicyclic) bond motifs is 12. The van der Waals surface area contributed by atoms with Crippen molar-refractivity contribution in [3.8, 4) is 22.3 Å². The van der Waals surface area contributed by atoms with Crippen LogP contribution < -0.4 is 0 Å². The topological polar surface area (TPSA) is 17.3 Å². The van der Waals surface area contributed by atoms with E-state index in [4.69, 9.17) is 4.98 Å². The molecule has 0 spiro atoms. The second-order valence-corrected chi connectivity index (χ2v) is 8.87. The molecule has 2 aliphatic rings. The van der Waals surface area contributed by atoms with E-state index < -0.39 is 0 Å². The first-order valence-electron chi connectivity index (χ1n) is 10.9. The van der Waals surface area contributed by atoms with Crippen LogP contribution in [-0.4, -0.2) is 9.38 Å². The van der Waals surface area contributed by atoms with Gasteiger partial charge in [0.05, 0.1) is 5.52 Å². The number of rotatable bonds is 0. The average molecular weight is 394 g/mol. The molecule has 0 radical (unpaired) electrons. The van der Waals surface area contributed by atoms with Crippen molar-refractivity contribution in [2.45, 2.75) is 12.8 Å². The van der Waals surface area contributed by atoms with Crippen molar-refractivity contribution in [2.24, 2.45) is 0 Å². The molecule has 0 fully saturated rings. The Morgan fingerprint density at radius 3 is 2.23 bits per heavy atom. The van der Waals surface area contributed by atoms with Crippen LogP contribution in [-0.2, 0) is 12.8 Å². The number of hydrogen-bond acceptors (Lipinski definition) is 1. The molecule has 2 aromatic heterocycles. The Hall–Kier alpha value is -3.91. The van der Waals surface area contributed by atoms with Gasteiger partial charge in [-0.1, -0.05) is 42.5 Å². The molecule has 31 heavy (non-hydrogen) atoms. The molecule has 2 heterocycles. The van der Waals surface area contributed by atoms with Crippen LogP contribution in [0.5, 0.6) is 0 Å². The lowest BCUT2D eigenvalue weighted by Crippen LogP contribution is -1.92. The standard InChI is InChI=1S/C29H18N2/c1-2-6-21-17(5-1)11-18-14-24-19(13-23(18)21)12-20-15-26-22-7-3-4-8-28(22)31-10-9-30-29(31)27(26)16-25(20)24/h1-10,13-16H,11-12H2. The summed E-state index contributed by atoms with van der Waals surface area (Å²) >= 11 is 0. The smallest absolute Gasteiger partial charge is 0.145 e. The number of hydrogen-bond donors (Lipinski definition) is 0. The molecule has 8 rings (SSSR count). The Kier molecular flexibility index (Phi) is 2.77. The highest BCUT2D eigenvalue weighted by atomic mass is 15.0. The van der Waals surface area contributed by atoms with Gasteiger partial charge in [0.2, 0.25) is 0 Å². The van der Waals surface area contributed by atoms with E-state index in [2.05, 4.69) is 83.4 Å². The third-order valence-electron chi connectivity index (χ3n) is 7.27. The van der Waals surface area contributed by atoms with E-state index in [1.807, 2.05) is 6.20 Å². The molecule has 144 valence electrons. The van der Waals surface area contributed by atoms with E-state index in [0.29, 0.717) is 0 Å². The summed E-state index contributed by atoms with van der Waals surface area (Å²) in [4.78, 5) is 4.73. The first-order valence-corrected chi connectivity index (χ1v) is 10.9. The van der Waals surface area contributed by atoms with Crippen LogP contribution in [0, 0.1) is 0 Å². The summed E-state index contributed by atoms with van der Waals surface area (Å²) in [6.45, 7) is 0. The molecule has 2 nitrogen and oxygen atoms in total. The van der Waals surface area contributed by atoms with Gasteiger partial charge < -0.3 is 0 Å². The van der Waals surface area contributed by atoms with Crippen molar-refractivity contribution in [1.29, 1.82) is 0 Å². The van der Waals surface area contributed by atoms with Gasteiger partial charge in [0.1, 0.15) is 5.65 Å². The molecule has 0 bridgehead atoms. The Bertz CT molecular complexity index is 1740. The minimum atomic E-state index is 1.00. The van der Waals surface area contributed by atoms with Crippen LogP contribution in [0.2, 0.25) is 0 Å². The lowest BCUT2D eigenvalue weighted by molar-refractivity contribution is 1.24. The maximum absolute atomic E-state index is 4.73. The maximum atomic E-state index is 4.73. The fourth-order valence-corrected chi connectivity index (χ4v) is 5.89. The van der Waals surface area contributed by atoms with Crippen molar-refractivity contribution >= 4 is 27.3 Å². The molecule has 0 N–H and O–H groups in total. The van der Waals surface area contributed by atoms with E-state index in [1.54, 1.807) is 0 Å². The first kappa shape index (κ1) is 15.9. The summed E-state index contributed by atoms with van der Waals surface area (Å²) in [5, 5.41) is 3.83. The lowest BCUT2D eigenvalue weighted by Gasteiger charge is -2.11. The van der Waals surface area contributed by atoms with Gasteiger partial charge in [-0.05, 0) is 93.1 Å². The zero-order valence-electron chi connectivity index (χ0n) is 16.9. The second kappa shape index (κ2) is 5.41. The van der Waals surface area contributed by atoms with Crippen molar-refractivity contribution < 1.29 is 0 Å². The van der Waals surface area contributed by atoms with E-state index in [1.165, 1.54) is 66.2 Å². The monoisotopic (exact) mass is 394 g/mol. The van der Waals surface area contributed by atoms with E-state index in [-0.39, 0.29) is 0 Å². The molecule has 0 atom stereocenters. The normalized spacial score (nSPS) is 13.5. The maximum Gasteiger partial charge on any atom is 0.145 e. The van der Waals surface area contributed by atoms with Gasteiger partial charge in [-0.2, -0.15) is 0 Å². The average Bonchev–Trinajstić information content (AvgIpc) is 3.51. The van der Waals surface area contributed by atoms with Crippen LogP contribution in [0.1, 0.15) is 22.3 Å². The van der Waals surface area contributed by atoms with Crippen molar-refractivity contribution in [1.82, 2.24) is 9.38 Å². The number of pyridine rings is 1. The minimum absolute atomic E-state index is 1.00. The van der Waals surface area contributed by atoms with Gasteiger partial charge in [-0.25, -0.2) is 4.98 Å². The Morgan fingerprint density at radius 1 is 0.581 bits per heavy atom. The molecule has 2 aliphatic carbocycles. The van der Waals surface area contributed by atoms with Gasteiger partial charge in [0.15, 0.2) is 0 Å². The lowest BCUT2D eigenvalue weighted by atomic mass is 9.96. The number of para-hydroxylation sites is 1. The molecular weight excluding hydrogens is 376 g/mol. The molecule has 4 aromatic carbocycles. The van der Waals surface area contributed by atoms with Gasteiger partial charge in [0, 0.05) is 23.2 Å². The molecular formula is C29H18N2. The highest BCUT2D eigenvalue weighted by Crippen LogP contribution is 2.46. The fraction of sp³-hybridized carbons (Fsp3) is 0.0690. The third kappa shape index (κ3) is 1.95. The molecule has 0 saturated heterocycles. The summed E-state index contributed by atoms with van der Waals surface area (Å²) in [6.07, 6.45) is 6.02. The predicted molar refractivity (Wildman–Crippen MR) is 127 cm³/mol. The fourth-order valence-electron chi connectivity index (χ4n) is 5.89. The Balaban J connectivity index is 1.43. The van der Waals surface area contributed by atoms with Crippen LogP contribution in [0.4, 0.5) is 0 Å².